The van der Waals surface area contributed by atoms with Gasteiger partial charge in [0.15, 0.2) is 22.1 Å². The Balaban J connectivity index is 0.000000182. The minimum Gasteiger partial charge on any atom is -0.744 e. The smallest absolute Gasteiger partial charge is 0.244 e. The van der Waals surface area contributed by atoms with Gasteiger partial charge in [-0.3, -0.25) is 0 Å². The first-order valence-electron chi connectivity index (χ1n) is 16.1. The van der Waals surface area contributed by atoms with Gasteiger partial charge in [0.2, 0.25) is 12.7 Å². The summed E-state index contributed by atoms with van der Waals surface area (Å²) in [6.45, 7) is 9.84. The molecule has 0 amide bonds. The predicted molar refractivity (Wildman–Crippen MR) is 184 cm³/mol. The highest BCUT2D eigenvalue weighted by molar-refractivity contribution is 7.86. The Morgan fingerprint density at radius 1 is 0.540 bits per heavy atom. The van der Waals surface area contributed by atoms with Crippen LogP contribution in [-0.4, -0.2) is 61.5 Å². The van der Waals surface area contributed by atoms with E-state index in [1.54, 1.807) is 24.3 Å². The van der Waals surface area contributed by atoms with E-state index in [1.807, 2.05) is 13.8 Å². The molecular formula is C36H40N4O8S2. The normalized spacial score (nSPS) is 14.3. The van der Waals surface area contributed by atoms with Gasteiger partial charge in [-0.15, -0.1) is 0 Å². The number of fused-ring (bicyclic) bond motifs is 10. The van der Waals surface area contributed by atoms with Gasteiger partial charge in [0, 0.05) is 0 Å². The maximum Gasteiger partial charge on any atom is 0.244 e. The standard InChI is InChI=1S/C22H26N4O2.2C7H8O3S/c1-2-6-20-19(5-1)23-9-13-27-15-11-25-18-26(22-8-4-3-7-21(22)25)12-16-28-14-10-24(20)17-23;2*1-6-2-4-7(5-3-6)11(8,9)10/h1-8,17-18H,9-16H2;2*2-5H,1H3,(H,8,9,10)/q+2;;/p-2. The largest absolute Gasteiger partial charge is 0.744 e. The first kappa shape index (κ1) is 36.8. The van der Waals surface area contributed by atoms with Crippen LogP contribution in [0.3, 0.4) is 0 Å². The molecule has 1 aliphatic rings. The monoisotopic (exact) mass is 720 g/mol. The van der Waals surface area contributed by atoms with E-state index >= 15 is 0 Å². The highest BCUT2D eigenvalue weighted by Gasteiger charge is 2.17. The van der Waals surface area contributed by atoms with Crippen LogP contribution in [0.15, 0.2) is 120 Å². The van der Waals surface area contributed by atoms with E-state index in [-0.39, 0.29) is 9.79 Å². The number of ether oxygens (including phenoxy) is 2. The third-order valence-electron chi connectivity index (χ3n) is 8.08. The summed E-state index contributed by atoms with van der Waals surface area (Å²) in [6, 6.07) is 28.6. The van der Waals surface area contributed by atoms with Gasteiger partial charge in [-0.1, -0.05) is 59.7 Å². The summed E-state index contributed by atoms with van der Waals surface area (Å²) in [6.07, 6.45) is 4.37. The molecule has 264 valence electrons. The Kier molecular flexibility index (Phi) is 12.2. The van der Waals surface area contributed by atoms with E-state index in [9.17, 15) is 25.9 Å². The lowest BCUT2D eigenvalue weighted by molar-refractivity contribution is -0.681. The van der Waals surface area contributed by atoms with E-state index < -0.39 is 20.2 Å². The molecule has 0 saturated carbocycles. The third-order valence-corrected chi connectivity index (χ3v) is 9.78. The summed E-state index contributed by atoms with van der Waals surface area (Å²) in [7, 11) is -8.54. The molecule has 0 spiro atoms. The topological polar surface area (TPSA) is 150 Å². The Labute approximate surface area is 292 Å². The van der Waals surface area contributed by atoms with Crippen LogP contribution < -0.4 is 9.13 Å². The molecule has 0 saturated heterocycles. The van der Waals surface area contributed by atoms with Crippen LogP contribution in [0.5, 0.6) is 0 Å². The highest BCUT2D eigenvalue weighted by atomic mass is 32.2. The van der Waals surface area contributed by atoms with Crippen molar-refractivity contribution in [3.63, 3.8) is 0 Å². The van der Waals surface area contributed by atoms with E-state index in [4.69, 9.17) is 9.47 Å². The van der Waals surface area contributed by atoms with Gasteiger partial charge in [0.1, 0.15) is 46.4 Å². The first-order chi connectivity index (χ1) is 23.9. The van der Waals surface area contributed by atoms with Crippen molar-refractivity contribution >= 4 is 42.3 Å². The number of para-hydroxylation sites is 4. The first-order valence-corrected chi connectivity index (χ1v) is 18.9. The zero-order valence-electron chi connectivity index (χ0n) is 27.9. The SMILES string of the molecule is Cc1ccc(S(=O)(=O)[O-])cc1.Cc1ccc(S(=O)(=O)[O-])cc1.c1ccc2c(c1)n1c[n+]2CCOCC[n+]2cn(c3ccccc32)CCOCC1. The molecular weight excluding hydrogens is 681 g/mol. The van der Waals surface area contributed by atoms with Crippen LogP contribution in [0.2, 0.25) is 0 Å². The third kappa shape index (κ3) is 9.84. The lowest BCUT2D eigenvalue weighted by atomic mass is 10.2. The van der Waals surface area contributed by atoms with Crippen molar-refractivity contribution < 1.29 is 44.5 Å². The van der Waals surface area contributed by atoms with Gasteiger partial charge in [-0.05, 0) is 62.4 Å². The van der Waals surface area contributed by atoms with E-state index in [0.717, 1.165) is 37.3 Å². The van der Waals surface area contributed by atoms with E-state index in [1.165, 1.54) is 46.3 Å². The summed E-state index contributed by atoms with van der Waals surface area (Å²) in [5.74, 6) is 0. The molecule has 0 N–H and O–H groups in total. The van der Waals surface area contributed by atoms with Gasteiger partial charge < -0.3 is 18.6 Å². The molecule has 0 aliphatic carbocycles. The molecule has 3 heterocycles. The molecule has 0 fully saturated rings. The van der Waals surface area contributed by atoms with Gasteiger partial charge in [0.25, 0.3) is 0 Å². The van der Waals surface area contributed by atoms with Crippen molar-refractivity contribution in [2.45, 2.75) is 49.8 Å². The maximum absolute atomic E-state index is 10.4. The fraction of sp³-hybridized carbons (Fsp3) is 0.278. The Bertz CT molecular complexity index is 2010. The lowest BCUT2D eigenvalue weighted by Crippen LogP contribution is -2.37. The van der Waals surface area contributed by atoms with Crippen molar-refractivity contribution in [3.8, 4) is 0 Å². The van der Waals surface area contributed by atoms with Gasteiger partial charge in [0.05, 0.1) is 36.2 Å². The summed E-state index contributed by atoms with van der Waals surface area (Å²) >= 11 is 0. The molecule has 50 heavy (non-hydrogen) atoms. The van der Waals surface area contributed by atoms with Gasteiger partial charge in [-0.25, -0.2) is 35.1 Å². The fourth-order valence-corrected chi connectivity index (χ4v) is 6.40. The minimum absolute atomic E-state index is 0.178. The second-order valence-corrected chi connectivity index (χ2v) is 14.5. The fourth-order valence-electron chi connectivity index (χ4n) is 5.46. The average Bonchev–Trinajstić information content (AvgIpc) is 3.62. The molecule has 0 radical (unpaired) electrons. The maximum atomic E-state index is 10.4. The molecule has 0 unspecified atom stereocenters. The van der Waals surface area contributed by atoms with Crippen LogP contribution in [0.25, 0.3) is 22.1 Å². The minimum atomic E-state index is -4.27. The van der Waals surface area contributed by atoms with Crippen molar-refractivity contribution in [1.82, 2.24) is 9.13 Å². The summed E-state index contributed by atoms with van der Waals surface area (Å²) in [5.41, 5.74) is 6.83. The molecule has 6 aromatic rings. The number of hydrogen-bond donors (Lipinski definition) is 0. The van der Waals surface area contributed by atoms with Crippen molar-refractivity contribution in [2.24, 2.45) is 0 Å². The number of aromatic nitrogens is 4. The number of aryl methyl sites for hydroxylation is 2. The quantitative estimate of drug-likeness (QED) is 0.194. The second kappa shape index (κ2) is 16.5. The molecule has 12 nitrogen and oxygen atoms in total. The summed E-state index contributed by atoms with van der Waals surface area (Å²) < 4.78 is 83.4. The van der Waals surface area contributed by atoms with Gasteiger partial charge >= 0.3 is 0 Å². The van der Waals surface area contributed by atoms with E-state index in [2.05, 4.69) is 79.5 Å². The van der Waals surface area contributed by atoms with Crippen molar-refractivity contribution in [2.75, 3.05) is 26.4 Å². The summed E-state index contributed by atoms with van der Waals surface area (Å²) in [5, 5.41) is 0. The van der Waals surface area contributed by atoms with Crippen molar-refractivity contribution in [3.05, 3.63) is 121 Å². The lowest BCUT2D eigenvalue weighted by Gasteiger charge is -2.05. The predicted octanol–water partition coefficient (Wildman–Crippen LogP) is 3.72. The van der Waals surface area contributed by atoms with Crippen molar-refractivity contribution in [1.29, 1.82) is 0 Å². The molecule has 4 bridgehead atoms. The molecule has 1 aliphatic heterocycles. The van der Waals surface area contributed by atoms with Crippen LogP contribution >= 0.6 is 0 Å². The molecule has 0 atom stereocenters. The Morgan fingerprint density at radius 3 is 1.28 bits per heavy atom. The zero-order chi connectivity index (χ0) is 35.7. The number of rotatable bonds is 2. The number of hydrogen-bond acceptors (Lipinski definition) is 8. The van der Waals surface area contributed by atoms with E-state index in [0.29, 0.717) is 26.4 Å². The molecule has 7 rings (SSSR count). The summed E-state index contributed by atoms with van der Waals surface area (Å²) in [4.78, 5) is -0.355. The zero-order valence-corrected chi connectivity index (χ0v) is 29.6. The molecule has 14 heteroatoms. The second-order valence-electron chi connectivity index (χ2n) is 11.7. The van der Waals surface area contributed by atoms with Crippen LogP contribution in [0.1, 0.15) is 11.1 Å². The van der Waals surface area contributed by atoms with Gasteiger partial charge in [-0.2, -0.15) is 0 Å². The number of nitrogens with zero attached hydrogens (tertiary/aromatic N) is 4. The van der Waals surface area contributed by atoms with Crippen LogP contribution in [0, 0.1) is 13.8 Å². The molecule has 2 aromatic heterocycles. The van der Waals surface area contributed by atoms with Crippen LogP contribution in [0.4, 0.5) is 0 Å². The highest BCUT2D eigenvalue weighted by Crippen LogP contribution is 2.13. The average molecular weight is 721 g/mol. The Morgan fingerprint density at radius 2 is 0.900 bits per heavy atom. The molecule has 4 aromatic carbocycles. The van der Waals surface area contributed by atoms with Crippen LogP contribution in [-0.2, 0) is 55.9 Å². The number of benzene rings is 4. The number of imidazole rings is 2. The Hall–Kier alpha value is -4.44.